The van der Waals surface area contributed by atoms with E-state index in [0.717, 1.165) is 6.42 Å². The van der Waals surface area contributed by atoms with Crippen molar-refractivity contribution in [1.29, 1.82) is 0 Å². The number of hydrogen-bond acceptors (Lipinski definition) is 3. The second-order valence-corrected chi connectivity index (χ2v) is 3.63. The van der Waals surface area contributed by atoms with Gasteiger partial charge in [0.25, 0.3) is 0 Å². The van der Waals surface area contributed by atoms with Crippen molar-refractivity contribution in [1.82, 2.24) is 0 Å². The third kappa shape index (κ3) is 40.7. The number of hydrogen-bond donors (Lipinski definition) is 2. The van der Waals surface area contributed by atoms with E-state index >= 15 is 0 Å². The first-order valence-electron chi connectivity index (χ1n) is 5.47. The van der Waals surface area contributed by atoms with Gasteiger partial charge in [-0.05, 0) is 18.3 Å². The molecule has 14 heavy (non-hydrogen) atoms. The van der Waals surface area contributed by atoms with E-state index in [1.54, 1.807) is 0 Å². The molecule has 0 heterocycles. The Hall–Kier alpha value is -0.120. The monoisotopic (exact) mass is 207 g/mol. The Morgan fingerprint density at radius 2 is 1.50 bits per heavy atom. The van der Waals surface area contributed by atoms with Crippen LogP contribution in [0.4, 0.5) is 0 Å². The maximum Gasteiger partial charge on any atom is 0.0702 e. The topological polar surface area (TPSA) is 55.5 Å². The molecule has 0 aromatic heterocycles. The summed E-state index contributed by atoms with van der Waals surface area (Å²) in [5, 5.41) is 8.24. The molecule has 0 saturated heterocycles. The minimum absolute atomic E-state index is 0.331. The number of rotatable bonds is 4. The minimum Gasteiger partial charge on any atom is -0.396 e. The highest BCUT2D eigenvalue weighted by Crippen LogP contribution is 1.94. The van der Waals surface area contributed by atoms with Gasteiger partial charge in [-0.2, -0.15) is 0 Å². The molecule has 0 aromatic carbocycles. The van der Waals surface area contributed by atoms with E-state index in [9.17, 15) is 0 Å². The summed E-state index contributed by atoms with van der Waals surface area (Å²) in [4.78, 5) is 4.30. The summed E-state index contributed by atoms with van der Waals surface area (Å²) in [5.74, 6) is 5.93. The maximum atomic E-state index is 8.24. The van der Waals surface area contributed by atoms with Gasteiger partial charge >= 0.3 is 0 Å². The molecule has 0 bridgehead atoms. The molecule has 3 heteroatoms. The Morgan fingerprint density at radius 1 is 1.07 bits per heavy atom. The van der Waals surface area contributed by atoms with Gasteiger partial charge in [0.1, 0.15) is 0 Å². The van der Waals surface area contributed by atoms with Crippen molar-refractivity contribution >= 4 is 0 Å². The van der Waals surface area contributed by atoms with Crippen LogP contribution in [0.5, 0.6) is 0 Å². The van der Waals surface area contributed by atoms with Crippen LogP contribution in [0.3, 0.4) is 0 Å². The van der Waals surface area contributed by atoms with Crippen LogP contribution in [0.1, 0.15) is 48.0 Å². The highest BCUT2D eigenvalue weighted by atomic mass is 16.6. The maximum absolute atomic E-state index is 8.24. The molecule has 0 radical (unpaired) electrons. The zero-order valence-corrected chi connectivity index (χ0v) is 10.7. The van der Waals surface area contributed by atoms with E-state index in [0.29, 0.717) is 25.0 Å². The molecule has 3 nitrogen and oxygen atoms in total. The largest absolute Gasteiger partial charge is 0.396 e. The smallest absolute Gasteiger partial charge is 0.0702 e. The van der Waals surface area contributed by atoms with Gasteiger partial charge in [0.15, 0.2) is 0 Å². The van der Waals surface area contributed by atoms with Crippen molar-refractivity contribution in [2.24, 2.45) is 17.7 Å². The van der Waals surface area contributed by atoms with E-state index in [1.165, 1.54) is 0 Å². The first-order chi connectivity index (χ1) is 6.54. The lowest BCUT2D eigenvalue weighted by atomic mass is 10.2. The number of aliphatic hydroxyl groups excluding tert-OH is 1. The minimum atomic E-state index is 0.331. The van der Waals surface area contributed by atoms with Crippen LogP contribution in [-0.4, -0.2) is 18.3 Å². The molecule has 0 amide bonds. The van der Waals surface area contributed by atoms with Crippen LogP contribution >= 0.6 is 0 Å². The zero-order valence-electron chi connectivity index (χ0n) is 10.7. The van der Waals surface area contributed by atoms with Crippen molar-refractivity contribution in [3.8, 4) is 0 Å². The quantitative estimate of drug-likeness (QED) is 0.697. The average molecular weight is 207 g/mol. The normalized spacial score (nSPS) is 9.00. The highest BCUT2D eigenvalue weighted by Gasteiger charge is 1.87. The van der Waals surface area contributed by atoms with E-state index in [1.807, 2.05) is 27.7 Å². The summed E-state index contributed by atoms with van der Waals surface area (Å²) in [6.45, 7) is 13.3. The fourth-order valence-corrected chi connectivity index (χ4v) is 0.451. The van der Waals surface area contributed by atoms with Crippen LogP contribution < -0.4 is 5.90 Å². The summed E-state index contributed by atoms with van der Waals surface area (Å²) in [6, 6.07) is 0. The molecule has 0 spiro atoms. The first kappa shape index (κ1) is 19.5. The molecule has 0 aliphatic heterocycles. The van der Waals surface area contributed by atoms with Gasteiger partial charge in [-0.15, -0.1) is 0 Å². The summed E-state index contributed by atoms with van der Waals surface area (Å²) in [6.07, 6.45) is 0.931. The molecule has 0 fully saturated rings. The fourth-order valence-electron chi connectivity index (χ4n) is 0.451. The fraction of sp³-hybridized carbons (Fsp3) is 1.00. The predicted molar refractivity (Wildman–Crippen MR) is 62.9 cm³/mol. The van der Waals surface area contributed by atoms with Crippen LogP contribution in [0.25, 0.3) is 0 Å². The third-order valence-corrected chi connectivity index (χ3v) is 1.14. The Morgan fingerprint density at radius 3 is 1.50 bits per heavy atom. The van der Waals surface area contributed by atoms with Gasteiger partial charge in [-0.1, -0.05) is 41.5 Å². The molecule has 0 atom stereocenters. The lowest BCUT2D eigenvalue weighted by Gasteiger charge is -1.96. The third-order valence-electron chi connectivity index (χ3n) is 1.14. The number of nitrogens with two attached hydrogens (primary N) is 1. The van der Waals surface area contributed by atoms with Gasteiger partial charge < -0.3 is 9.94 Å². The van der Waals surface area contributed by atoms with Crippen molar-refractivity contribution in [2.75, 3.05) is 13.2 Å². The molecule has 0 aliphatic carbocycles. The van der Waals surface area contributed by atoms with E-state index in [4.69, 9.17) is 11.0 Å². The summed E-state index contributed by atoms with van der Waals surface area (Å²) in [5.41, 5.74) is 0. The Balaban J connectivity index is -0.000000147. The average Bonchev–Trinajstić information content (AvgIpc) is 2.08. The lowest BCUT2D eigenvalue weighted by Crippen LogP contribution is -2.05. The first-order valence-corrected chi connectivity index (χ1v) is 5.47. The molecule has 0 rings (SSSR count). The van der Waals surface area contributed by atoms with Crippen molar-refractivity contribution < 1.29 is 9.94 Å². The highest BCUT2D eigenvalue weighted by molar-refractivity contribution is 4.38. The van der Waals surface area contributed by atoms with Crippen LogP contribution in [0.2, 0.25) is 0 Å². The van der Waals surface area contributed by atoms with Crippen LogP contribution in [0.15, 0.2) is 0 Å². The Bertz CT molecular complexity index is 65.7. The van der Waals surface area contributed by atoms with Gasteiger partial charge in [-0.3, -0.25) is 0 Å². The van der Waals surface area contributed by atoms with Crippen molar-refractivity contribution in [2.45, 2.75) is 48.0 Å². The molecule has 0 saturated carbocycles. The van der Waals surface area contributed by atoms with Gasteiger partial charge in [0.2, 0.25) is 0 Å². The van der Waals surface area contributed by atoms with Gasteiger partial charge in [0.05, 0.1) is 6.61 Å². The zero-order chi connectivity index (χ0) is 12.0. The SMILES string of the molecule is CC.CC(C)CCO.CC(C)CON. The summed E-state index contributed by atoms with van der Waals surface area (Å²) < 4.78 is 0. The van der Waals surface area contributed by atoms with E-state index in [-0.39, 0.29) is 0 Å². The summed E-state index contributed by atoms with van der Waals surface area (Å²) in [7, 11) is 0. The van der Waals surface area contributed by atoms with Gasteiger partial charge in [0, 0.05) is 6.61 Å². The Kier molecular flexibility index (Phi) is 25.9. The van der Waals surface area contributed by atoms with Crippen LogP contribution in [-0.2, 0) is 4.84 Å². The van der Waals surface area contributed by atoms with Crippen LogP contribution in [0, 0.1) is 11.8 Å². The van der Waals surface area contributed by atoms with Crippen molar-refractivity contribution in [3.63, 3.8) is 0 Å². The summed E-state index contributed by atoms with van der Waals surface area (Å²) >= 11 is 0. The standard InChI is InChI=1S/C5H12O.C4H11NO.C2H6/c1-5(2)3-4-6;1-4(2)3-6-5;1-2/h5-6H,3-4H2,1-2H3;4H,3,5H2,1-2H3;1-2H3. The molecule has 0 aliphatic rings. The van der Waals surface area contributed by atoms with Crippen molar-refractivity contribution in [3.05, 3.63) is 0 Å². The molecular weight excluding hydrogens is 178 g/mol. The van der Waals surface area contributed by atoms with E-state index in [2.05, 4.69) is 18.7 Å². The van der Waals surface area contributed by atoms with Gasteiger partial charge in [-0.25, -0.2) is 5.90 Å². The molecule has 0 aromatic rings. The Labute approximate surface area is 89.6 Å². The second-order valence-electron chi connectivity index (χ2n) is 3.63. The second kappa shape index (κ2) is 18.6. The molecule has 0 unspecified atom stereocenters. The molecular formula is C11H29NO2. The number of aliphatic hydroxyl groups is 1. The van der Waals surface area contributed by atoms with E-state index < -0.39 is 0 Å². The molecule has 90 valence electrons. The lowest BCUT2D eigenvalue weighted by molar-refractivity contribution is 0.112. The predicted octanol–water partition coefficient (Wildman–Crippen LogP) is 2.58. The molecule has 3 N–H and O–H groups in total.